The summed E-state index contributed by atoms with van der Waals surface area (Å²) in [4.78, 5) is 4.28. The molecule has 0 spiro atoms. The fourth-order valence-electron chi connectivity index (χ4n) is 4.31. The molecule has 0 aliphatic rings. The quantitative estimate of drug-likeness (QED) is 0.207. The molecule has 6 nitrogen and oxygen atoms in total. The van der Waals surface area contributed by atoms with Gasteiger partial charge in [-0.3, -0.25) is 9.71 Å². The molecule has 0 atom stereocenters. The molecule has 0 bridgehead atoms. The lowest BCUT2D eigenvalue weighted by Gasteiger charge is -2.25. The SMILES string of the molecule is COc1ccc(NS(=O)(=O)N(Cc2ccc(F)c(C(F)(F)F)c2)c2sc3ccccc3c2C)c2cccnc12. The van der Waals surface area contributed by atoms with Crippen molar-refractivity contribution >= 4 is 53.2 Å². The third kappa shape index (κ3) is 5.09. The summed E-state index contributed by atoms with van der Waals surface area (Å²) >= 11 is 1.19. The van der Waals surface area contributed by atoms with E-state index in [4.69, 9.17) is 4.74 Å². The zero-order chi connectivity index (χ0) is 27.9. The zero-order valence-electron chi connectivity index (χ0n) is 20.6. The predicted octanol–water partition coefficient (Wildman–Crippen LogP) is 7.29. The van der Waals surface area contributed by atoms with Crippen LogP contribution in [0.5, 0.6) is 5.75 Å². The number of aromatic nitrogens is 1. The number of ether oxygens (including phenoxy) is 1. The van der Waals surface area contributed by atoms with Crippen LogP contribution in [0.15, 0.2) is 72.9 Å². The largest absolute Gasteiger partial charge is 0.494 e. The number of pyridine rings is 1. The van der Waals surface area contributed by atoms with E-state index in [1.165, 1.54) is 24.5 Å². The van der Waals surface area contributed by atoms with Gasteiger partial charge >= 0.3 is 16.4 Å². The van der Waals surface area contributed by atoms with Crippen molar-refractivity contribution in [1.29, 1.82) is 0 Å². The van der Waals surface area contributed by atoms with Gasteiger partial charge in [-0.2, -0.15) is 21.6 Å². The number of hydrogen-bond acceptors (Lipinski definition) is 5. The Kier molecular flexibility index (Phi) is 6.85. The zero-order valence-corrected chi connectivity index (χ0v) is 22.2. The number of alkyl halides is 3. The van der Waals surface area contributed by atoms with Gasteiger partial charge in [0.1, 0.15) is 22.1 Å². The summed E-state index contributed by atoms with van der Waals surface area (Å²) in [5.41, 5.74) is -0.228. The summed E-state index contributed by atoms with van der Waals surface area (Å²) in [5, 5.41) is 1.60. The maximum atomic E-state index is 14.0. The fourth-order valence-corrected chi connectivity index (χ4v) is 7.08. The molecule has 0 saturated carbocycles. The van der Waals surface area contributed by atoms with E-state index >= 15 is 0 Å². The number of aryl methyl sites for hydroxylation is 1. The van der Waals surface area contributed by atoms with Crippen molar-refractivity contribution in [3.05, 3.63) is 95.4 Å². The number of rotatable bonds is 7. The molecule has 0 unspecified atom stereocenters. The first-order valence-electron chi connectivity index (χ1n) is 11.6. The molecule has 0 saturated heterocycles. The fraction of sp³-hybridized carbons (Fsp3) is 0.148. The lowest BCUT2D eigenvalue weighted by Crippen LogP contribution is -2.35. The molecule has 3 aromatic carbocycles. The second-order valence-corrected chi connectivity index (χ2v) is 11.3. The Labute approximate surface area is 225 Å². The molecule has 0 amide bonds. The number of hydrogen-bond donors (Lipinski definition) is 1. The van der Waals surface area contributed by atoms with Gasteiger partial charge in [0.2, 0.25) is 0 Å². The molecule has 0 radical (unpaired) electrons. The van der Waals surface area contributed by atoms with Gasteiger partial charge in [-0.1, -0.05) is 24.3 Å². The highest BCUT2D eigenvalue weighted by molar-refractivity contribution is 7.94. The summed E-state index contributed by atoms with van der Waals surface area (Å²) < 4.78 is 91.9. The molecule has 2 heterocycles. The van der Waals surface area contributed by atoms with Crippen molar-refractivity contribution in [2.75, 3.05) is 16.1 Å². The second kappa shape index (κ2) is 10.0. The lowest BCUT2D eigenvalue weighted by atomic mass is 10.1. The van der Waals surface area contributed by atoms with Crippen LogP contribution >= 0.6 is 11.3 Å². The number of anilines is 2. The molecular weight excluding hydrogens is 554 g/mol. The van der Waals surface area contributed by atoms with Crippen LogP contribution in [0.2, 0.25) is 0 Å². The standard InChI is InChI=1S/C27H21F4N3O3S2/c1-16-18-6-3-4-8-24(18)38-26(16)34(15-17-9-10-21(28)20(14-17)27(29,30)31)39(35,36)33-22-11-12-23(37-2)25-19(22)7-5-13-32-25/h3-14,33H,15H2,1-2H3. The van der Waals surface area contributed by atoms with Gasteiger partial charge in [0.05, 0.1) is 24.9 Å². The van der Waals surface area contributed by atoms with Crippen molar-refractivity contribution in [3.63, 3.8) is 0 Å². The number of thiophene rings is 1. The molecule has 0 aliphatic carbocycles. The van der Waals surface area contributed by atoms with Crippen LogP contribution in [0.1, 0.15) is 16.7 Å². The van der Waals surface area contributed by atoms with Gasteiger partial charge in [0.25, 0.3) is 0 Å². The lowest BCUT2D eigenvalue weighted by molar-refractivity contribution is -0.140. The van der Waals surface area contributed by atoms with Crippen molar-refractivity contribution in [2.45, 2.75) is 19.6 Å². The Morgan fingerprint density at radius 1 is 1.03 bits per heavy atom. The van der Waals surface area contributed by atoms with E-state index in [0.29, 0.717) is 39.3 Å². The number of fused-ring (bicyclic) bond motifs is 2. The smallest absolute Gasteiger partial charge is 0.419 e. The Bertz CT molecular complexity index is 1800. The summed E-state index contributed by atoms with van der Waals surface area (Å²) in [6, 6.07) is 16.2. The third-order valence-corrected chi connectivity index (χ3v) is 8.97. The highest BCUT2D eigenvalue weighted by Gasteiger charge is 2.35. The molecule has 39 heavy (non-hydrogen) atoms. The highest BCUT2D eigenvalue weighted by Crippen LogP contribution is 2.41. The van der Waals surface area contributed by atoms with Crippen molar-refractivity contribution in [3.8, 4) is 5.75 Å². The summed E-state index contributed by atoms with van der Waals surface area (Å²) in [6.45, 7) is 1.27. The van der Waals surface area contributed by atoms with Crippen LogP contribution in [0.4, 0.5) is 28.3 Å². The van der Waals surface area contributed by atoms with Crippen LogP contribution in [-0.2, 0) is 22.9 Å². The maximum Gasteiger partial charge on any atom is 0.419 e. The van der Waals surface area contributed by atoms with E-state index in [1.54, 1.807) is 31.3 Å². The molecule has 5 rings (SSSR count). The van der Waals surface area contributed by atoms with E-state index in [0.717, 1.165) is 20.5 Å². The highest BCUT2D eigenvalue weighted by atomic mass is 32.2. The normalized spacial score (nSPS) is 12.2. The molecular formula is C27H21F4N3O3S2. The number of nitrogens with one attached hydrogen (secondary N) is 1. The Morgan fingerprint density at radius 2 is 1.77 bits per heavy atom. The van der Waals surface area contributed by atoms with Gasteiger partial charge in [0.15, 0.2) is 0 Å². The Balaban J connectivity index is 1.64. The number of nitrogens with zero attached hydrogens (tertiary/aromatic N) is 2. The van der Waals surface area contributed by atoms with Crippen LogP contribution < -0.4 is 13.8 Å². The number of halogens is 4. The minimum atomic E-state index is -4.94. The molecule has 5 aromatic rings. The van der Waals surface area contributed by atoms with E-state index < -0.39 is 34.3 Å². The van der Waals surface area contributed by atoms with Crippen molar-refractivity contribution < 1.29 is 30.7 Å². The van der Waals surface area contributed by atoms with E-state index in [9.17, 15) is 26.0 Å². The van der Waals surface area contributed by atoms with E-state index in [-0.39, 0.29) is 11.3 Å². The molecule has 12 heteroatoms. The van der Waals surface area contributed by atoms with Crippen LogP contribution in [0, 0.1) is 12.7 Å². The van der Waals surface area contributed by atoms with Gasteiger partial charge in [-0.25, -0.2) is 8.70 Å². The molecule has 0 fully saturated rings. The van der Waals surface area contributed by atoms with Crippen LogP contribution in [-0.4, -0.2) is 20.5 Å². The van der Waals surface area contributed by atoms with Crippen LogP contribution in [0.3, 0.4) is 0 Å². The minimum absolute atomic E-state index is 0.0350. The molecule has 202 valence electrons. The first kappa shape index (κ1) is 26.7. The second-order valence-electron chi connectivity index (χ2n) is 8.67. The Morgan fingerprint density at radius 3 is 2.49 bits per heavy atom. The summed E-state index contributed by atoms with van der Waals surface area (Å²) in [6.07, 6.45) is -3.40. The summed E-state index contributed by atoms with van der Waals surface area (Å²) in [7, 11) is -2.95. The van der Waals surface area contributed by atoms with Crippen molar-refractivity contribution in [2.24, 2.45) is 0 Å². The maximum absolute atomic E-state index is 14.0. The monoisotopic (exact) mass is 575 g/mol. The van der Waals surface area contributed by atoms with E-state index in [2.05, 4.69) is 9.71 Å². The molecule has 2 aromatic heterocycles. The van der Waals surface area contributed by atoms with Gasteiger partial charge in [-0.15, -0.1) is 11.3 Å². The van der Waals surface area contributed by atoms with Crippen LogP contribution in [0.25, 0.3) is 21.0 Å². The number of benzene rings is 3. The van der Waals surface area contributed by atoms with Crippen molar-refractivity contribution in [1.82, 2.24) is 4.98 Å². The third-order valence-electron chi connectivity index (χ3n) is 6.19. The topological polar surface area (TPSA) is 71.5 Å². The minimum Gasteiger partial charge on any atom is -0.494 e. The molecule has 1 N–H and O–H groups in total. The molecule has 0 aliphatic heterocycles. The predicted molar refractivity (Wildman–Crippen MR) is 145 cm³/mol. The van der Waals surface area contributed by atoms with E-state index in [1.807, 2.05) is 24.3 Å². The number of methoxy groups -OCH3 is 1. The van der Waals surface area contributed by atoms with Gasteiger partial charge in [0, 0.05) is 16.3 Å². The average molecular weight is 576 g/mol. The van der Waals surface area contributed by atoms with Gasteiger partial charge in [-0.05, 0) is 65.9 Å². The van der Waals surface area contributed by atoms with Gasteiger partial charge < -0.3 is 4.74 Å². The average Bonchev–Trinajstić information content (AvgIpc) is 3.23. The Hall–Kier alpha value is -3.90. The first-order valence-corrected chi connectivity index (χ1v) is 13.8. The first-order chi connectivity index (χ1) is 18.5. The summed E-state index contributed by atoms with van der Waals surface area (Å²) in [5.74, 6) is -0.995.